The molecule has 4 aliphatic rings. The van der Waals surface area contributed by atoms with Gasteiger partial charge in [0.2, 0.25) is 0 Å². The van der Waals surface area contributed by atoms with Gasteiger partial charge < -0.3 is 81.2 Å². The average Bonchev–Trinajstić information content (AvgIpc) is 0.789. The normalized spacial score (nSPS) is 27.5. The predicted octanol–water partition coefficient (Wildman–Crippen LogP) is 17.3. The lowest BCUT2D eigenvalue weighted by atomic mass is 9.78. The molecule has 0 bridgehead atoms. The van der Waals surface area contributed by atoms with Crippen LogP contribution in [0.15, 0.2) is 243 Å². The number of hydrogen-bond donors (Lipinski definition) is 1. The summed E-state index contributed by atoms with van der Waals surface area (Å²) >= 11 is 0. The second-order valence-corrected chi connectivity index (χ2v) is 31.2. The number of carbonyl (C=O) groups excluding carboxylic acids is 2. The van der Waals surface area contributed by atoms with Crippen LogP contribution in [0.2, 0.25) is 0 Å². The number of amides is 2. The van der Waals surface area contributed by atoms with Gasteiger partial charge in [-0.3, -0.25) is 0 Å². The van der Waals surface area contributed by atoms with Crippen LogP contribution in [-0.4, -0.2) is 148 Å². The summed E-state index contributed by atoms with van der Waals surface area (Å²) in [6, 6.07) is 79.5. The lowest BCUT2D eigenvalue weighted by Gasteiger charge is -2.49. The minimum absolute atomic E-state index is 0.0175. The van der Waals surface area contributed by atoms with Gasteiger partial charge in [-0.2, -0.15) is 0 Å². The molecule has 4 fully saturated rings. The molecule has 4 saturated heterocycles. The quantitative estimate of drug-likeness (QED) is 0.0390. The molecule has 0 aromatic heterocycles. The Labute approximate surface area is 675 Å². The molecule has 0 aliphatic carbocycles. The van der Waals surface area contributed by atoms with Gasteiger partial charge in [-0.1, -0.05) is 305 Å². The van der Waals surface area contributed by atoms with Crippen LogP contribution in [0.3, 0.4) is 0 Å². The van der Waals surface area contributed by atoms with E-state index in [0.29, 0.717) is 77.7 Å². The summed E-state index contributed by atoms with van der Waals surface area (Å²) in [5.74, 6) is 0.568. The molecule has 4 aliphatic heterocycles. The zero-order valence-corrected chi connectivity index (χ0v) is 67.8. The van der Waals surface area contributed by atoms with E-state index < -0.39 is 61.8 Å². The summed E-state index contributed by atoms with van der Waals surface area (Å²) in [6.45, 7) is 24.8. The third kappa shape index (κ3) is 25.9. The summed E-state index contributed by atoms with van der Waals surface area (Å²) in [6.07, 6.45) is -5.91. The van der Waals surface area contributed by atoms with Crippen molar-refractivity contribution in [3.8, 4) is 0 Å². The molecule has 1 N–H and O–H groups in total. The second-order valence-electron chi connectivity index (χ2n) is 31.2. The van der Waals surface area contributed by atoms with Gasteiger partial charge in [0.25, 0.3) is 0 Å². The first-order chi connectivity index (χ1) is 55.5. The fraction of sp³-hybridized carbons (Fsp3) is 0.474. The molecule has 12 rings (SSSR count). The first kappa shape index (κ1) is 86.6. The Hall–Kier alpha value is -8.22. The highest BCUT2D eigenvalue weighted by Gasteiger charge is 2.50. The molecule has 2 amide bonds. The van der Waals surface area contributed by atoms with Crippen LogP contribution in [0.1, 0.15) is 107 Å². The molecule has 0 spiro atoms. The van der Waals surface area contributed by atoms with Gasteiger partial charge >= 0.3 is 12.2 Å². The predicted molar refractivity (Wildman–Crippen MR) is 436 cm³/mol. The van der Waals surface area contributed by atoms with E-state index in [4.69, 9.17) is 66.3 Å². The third-order valence-electron chi connectivity index (χ3n) is 23.2. The molecule has 19 heteroatoms. The highest BCUT2D eigenvalue weighted by molar-refractivity contribution is 5.68. The molecule has 20 atom stereocenters. The minimum Gasteiger partial charge on any atom is -0.445 e. The van der Waals surface area contributed by atoms with Crippen molar-refractivity contribution in [3.05, 3.63) is 287 Å². The van der Waals surface area contributed by atoms with Crippen molar-refractivity contribution in [1.82, 2.24) is 9.80 Å². The Kier molecular flexibility index (Phi) is 34.5. The van der Waals surface area contributed by atoms with Gasteiger partial charge in [0.1, 0.15) is 31.5 Å². The zero-order chi connectivity index (χ0) is 80.0. The molecule has 0 saturated carbocycles. The van der Waals surface area contributed by atoms with E-state index in [1.807, 2.05) is 225 Å². The van der Waals surface area contributed by atoms with Crippen molar-refractivity contribution in [1.29, 1.82) is 0 Å². The first-order valence-electron chi connectivity index (χ1n) is 40.8. The summed E-state index contributed by atoms with van der Waals surface area (Å²) in [4.78, 5) is 30.2. The number of hydrogen-bond acceptors (Lipinski definition) is 17. The average molecular weight is 1560 g/mol. The molecular formula is C95H120N2O17. The number of ether oxygens (including phenoxy) is 14. The molecule has 19 nitrogen and oxygen atoms in total. The van der Waals surface area contributed by atoms with Crippen molar-refractivity contribution >= 4 is 12.2 Å². The maximum Gasteiger partial charge on any atom is 0.410 e. The van der Waals surface area contributed by atoms with E-state index in [2.05, 4.69) is 79.7 Å². The first-order valence-corrected chi connectivity index (χ1v) is 40.8. The van der Waals surface area contributed by atoms with E-state index in [-0.39, 0.29) is 99.4 Å². The summed E-state index contributed by atoms with van der Waals surface area (Å²) in [5, 5.41) is 11.2. The number of aliphatic hydroxyl groups excluding tert-OH is 1. The number of carbonyl (C=O) groups is 2. The van der Waals surface area contributed by atoms with Gasteiger partial charge in [-0.15, -0.1) is 0 Å². The Morgan fingerprint density at radius 2 is 0.561 bits per heavy atom. The van der Waals surface area contributed by atoms with Crippen LogP contribution in [0, 0.1) is 53.3 Å². The lowest BCUT2D eigenvalue weighted by molar-refractivity contribution is -0.334. The molecule has 114 heavy (non-hydrogen) atoms. The largest absolute Gasteiger partial charge is 0.445 e. The second kappa shape index (κ2) is 45.3. The van der Waals surface area contributed by atoms with Crippen LogP contribution in [0.5, 0.6) is 0 Å². The van der Waals surface area contributed by atoms with Gasteiger partial charge in [0.05, 0.1) is 90.5 Å². The number of rotatable bonds is 36. The SMILES string of the molecule is CC1[C@@H](O[C@H]2C(COCc3ccccc3)O[C@H](OCCN(Cc3ccccc3)C(=O)OCc3ccccc3)C(C)[C@H]2C)OC(COCc2ccccc2)[C@@H](C)[C@@H]1C.CC1[C@@H](O[C@H]2C(COCc3ccccc3)O[C@H](OCCN(Cc3ccccc3)C(=O)OCc3ccccc3)C(C)[C@H]2C)OC(COCc2ccccc2)[C@@H](O)[C@@H]1C. The fourth-order valence-corrected chi connectivity index (χ4v) is 15.0. The van der Waals surface area contributed by atoms with Crippen LogP contribution in [0.25, 0.3) is 0 Å². The van der Waals surface area contributed by atoms with Crippen LogP contribution in [-0.2, 0) is 119 Å². The smallest absolute Gasteiger partial charge is 0.410 e. The Bertz CT molecular complexity index is 3720. The molecular weight excluding hydrogens is 1440 g/mol. The fourth-order valence-electron chi connectivity index (χ4n) is 15.0. The molecule has 0 radical (unpaired) electrons. The maximum atomic E-state index is 13.4. The van der Waals surface area contributed by atoms with Crippen LogP contribution in [0.4, 0.5) is 9.59 Å². The van der Waals surface area contributed by atoms with E-state index in [1.54, 1.807) is 9.80 Å². The van der Waals surface area contributed by atoms with Crippen molar-refractivity contribution < 1.29 is 81.0 Å². The van der Waals surface area contributed by atoms with E-state index in [0.717, 1.165) is 44.5 Å². The van der Waals surface area contributed by atoms with Crippen molar-refractivity contribution in [2.45, 2.75) is 183 Å². The highest BCUT2D eigenvalue weighted by Crippen LogP contribution is 2.42. The highest BCUT2D eigenvalue weighted by atomic mass is 16.7. The Morgan fingerprint density at radius 3 is 0.895 bits per heavy atom. The number of benzene rings is 8. The standard InChI is InChI=1S/C48H61NO8.C47H59NO9/c1-34-35(2)43(32-51-29-40-20-12-7-13-21-40)55-47(37(34)4)57-45-36(3)38(5)46(56-44(45)33-52-30-41-22-14-8-15-23-41)53-27-26-49(28-39-18-10-6-11-19-39)48(50)54-31-42-24-16-9-17-25-42;1-33-35(3)46(55-41(43(33)49)31-51-28-38-19-11-6-12-20-38)57-44-34(2)36(4)45(56-42(44)32-52-29-39-21-13-7-14-22-39)53-26-25-48(27-37-17-9-5-10-18-37)47(50)54-30-40-23-15-8-16-24-40/h6-25,34-38,43-47H,26-33H2,1-5H3;5-24,33-36,41-46,49H,25-32H2,1-4H3/t34-,35-,36+,37?,38?,43?,44?,45+,46-,47+;33-,34-,35?,36?,41?,42?,43+,44-,45+,46-/m01/s1. The molecule has 8 aromatic carbocycles. The third-order valence-corrected chi connectivity index (χ3v) is 23.2. The van der Waals surface area contributed by atoms with E-state index in [9.17, 15) is 14.7 Å². The number of aliphatic hydroxyl groups is 1. The maximum absolute atomic E-state index is 13.4. The van der Waals surface area contributed by atoms with E-state index >= 15 is 0 Å². The molecule has 8 aromatic rings. The lowest BCUT2D eigenvalue weighted by Crippen LogP contribution is -2.58. The topological polar surface area (TPSA) is 190 Å². The molecule has 612 valence electrons. The van der Waals surface area contributed by atoms with Crippen molar-refractivity contribution in [2.24, 2.45) is 53.3 Å². The molecule has 4 heterocycles. The minimum atomic E-state index is -0.700. The Morgan fingerprint density at radius 1 is 0.298 bits per heavy atom. The Balaban J connectivity index is 0.000000225. The van der Waals surface area contributed by atoms with Gasteiger partial charge in [0, 0.05) is 49.9 Å². The van der Waals surface area contributed by atoms with Crippen molar-refractivity contribution in [2.75, 3.05) is 52.7 Å². The van der Waals surface area contributed by atoms with Gasteiger partial charge in [0.15, 0.2) is 25.2 Å². The summed E-state index contributed by atoms with van der Waals surface area (Å²) in [5.41, 5.74) is 8.19. The van der Waals surface area contributed by atoms with Crippen LogP contribution < -0.4 is 0 Å². The van der Waals surface area contributed by atoms with Gasteiger partial charge in [-0.05, 0) is 74.1 Å². The summed E-state index contributed by atoms with van der Waals surface area (Å²) in [7, 11) is 0. The monoisotopic (exact) mass is 1560 g/mol. The van der Waals surface area contributed by atoms with Crippen LogP contribution >= 0.6 is 0 Å². The van der Waals surface area contributed by atoms with Gasteiger partial charge in [-0.25, -0.2) is 9.59 Å². The molecule has 8 unspecified atom stereocenters. The van der Waals surface area contributed by atoms with Crippen molar-refractivity contribution in [3.63, 3.8) is 0 Å². The summed E-state index contributed by atoms with van der Waals surface area (Å²) < 4.78 is 89.8. The van der Waals surface area contributed by atoms with E-state index in [1.165, 1.54) is 0 Å². The zero-order valence-electron chi connectivity index (χ0n) is 67.8. The number of nitrogens with zero attached hydrogens (tertiary/aromatic N) is 2.